The molecule has 0 bridgehead atoms. The molecule has 0 aliphatic carbocycles. The van der Waals surface area contributed by atoms with Gasteiger partial charge in [-0.1, -0.05) is 6.92 Å². The highest BCUT2D eigenvalue weighted by atomic mass is 32.1. The first-order valence-electron chi connectivity index (χ1n) is 5.95. The quantitative estimate of drug-likeness (QED) is 0.893. The molecule has 2 heterocycles. The smallest absolute Gasteiger partial charge is 0.266 e. The van der Waals surface area contributed by atoms with Crippen LogP contribution in [0.15, 0.2) is 6.07 Å². The lowest BCUT2D eigenvalue weighted by atomic mass is 10.2. The molecule has 2 aromatic heterocycles. The van der Waals surface area contributed by atoms with E-state index in [9.17, 15) is 4.79 Å². The molecular weight excluding hydrogens is 246 g/mol. The number of nitrogens with zero attached hydrogens (tertiary/aromatic N) is 1. The fourth-order valence-corrected chi connectivity index (χ4v) is 2.77. The molecule has 18 heavy (non-hydrogen) atoms. The number of amides is 1. The highest BCUT2D eigenvalue weighted by Gasteiger charge is 2.14. The van der Waals surface area contributed by atoms with Crippen molar-refractivity contribution >= 4 is 23.1 Å². The second kappa shape index (κ2) is 4.94. The van der Waals surface area contributed by atoms with Gasteiger partial charge in [0.15, 0.2) is 5.82 Å². The van der Waals surface area contributed by atoms with Gasteiger partial charge in [-0.2, -0.15) is 5.10 Å². The van der Waals surface area contributed by atoms with E-state index in [0.29, 0.717) is 5.82 Å². The van der Waals surface area contributed by atoms with Gasteiger partial charge in [0.1, 0.15) is 0 Å². The third-order valence-corrected chi connectivity index (χ3v) is 4.20. The summed E-state index contributed by atoms with van der Waals surface area (Å²) in [6.45, 7) is 8.01. The standard InChI is InChI=1S/C13H17N3OS/c1-5-10-6-11(18-9(10)4)13(17)14-12-7(2)8(3)15-16-12/h6H,5H2,1-4H3,(H2,14,15,16,17). The Balaban J connectivity index is 2.19. The second-order valence-corrected chi connectivity index (χ2v) is 5.58. The van der Waals surface area contributed by atoms with Crippen LogP contribution in [0.25, 0.3) is 0 Å². The van der Waals surface area contributed by atoms with E-state index in [-0.39, 0.29) is 5.91 Å². The van der Waals surface area contributed by atoms with E-state index in [1.807, 2.05) is 26.8 Å². The number of aromatic nitrogens is 2. The van der Waals surface area contributed by atoms with Gasteiger partial charge < -0.3 is 5.32 Å². The lowest BCUT2D eigenvalue weighted by Crippen LogP contribution is -2.11. The molecule has 0 spiro atoms. The number of hydrogen-bond acceptors (Lipinski definition) is 3. The lowest BCUT2D eigenvalue weighted by molar-refractivity contribution is 0.103. The molecule has 0 radical (unpaired) electrons. The molecule has 2 aromatic rings. The van der Waals surface area contributed by atoms with E-state index < -0.39 is 0 Å². The normalized spacial score (nSPS) is 10.7. The van der Waals surface area contributed by atoms with Crippen molar-refractivity contribution in [3.63, 3.8) is 0 Å². The molecule has 4 nitrogen and oxygen atoms in total. The largest absolute Gasteiger partial charge is 0.304 e. The Hall–Kier alpha value is -1.62. The zero-order valence-electron chi connectivity index (χ0n) is 11.0. The number of H-pyrrole nitrogens is 1. The second-order valence-electron chi connectivity index (χ2n) is 4.32. The number of hydrogen-bond donors (Lipinski definition) is 2. The maximum absolute atomic E-state index is 12.1. The number of rotatable bonds is 3. The van der Waals surface area contributed by atoms with Gasteiger partial charge in [-0.3, -0.25) is 9.89 Å². The van der Waals surface area contributed by atoms with Gasteiger partial charge in [0.05, 0.1) is 4.88 Å². The molecule has 0 unspecified atom stereocenters. The van der Waals surface area contributed by atoms with Gasteiger partial charge >= 0.3 is 0 Å². The van der Waals surface area contributed by atoms with Gasteiger partial charge in [0.2, 0.25) is 0 Å². The van der Waals surface area contributed by atoms with Crippen molar-refractivity contribution in [1.29, 1.82) is 0 Å². The summed E-state index contributed by atoms with van der Waals surface area (Å²) in [4.78, 5) is 14.0. The number of aryl methyl sites for hydroxylation is 3. The van der Waals surface area contributed by atoms with E-state index in [0.717, 1.165) is 22.6 Å². The zero-order valence-corrected chi connectivity index (χ0v) is 11.9. The molecule has 2 N–H and O–H groups in total. The topological polar surface area (TPSA) is 57.8 Å². The molecule has 5 heteroatoms. The van der Waals surface area contributed by atoms with Crippen LogP contribution in [0.2, 0.25) is 0 Å². The summed E-state index contributed by atoms with van der Waals surface area (Å²) in [7, 11) is 0. The molecule has 96 valence electrons. The summed E-state index contributed by atoms with van der Waals surface area (Å²) >= 11 is 1.53. The van der Waals surface area contributed by atoms with Gasteiger partial charge in [-0.15, -0.1) is 11.3 Å². The Kier molecular flexibility index (Phi) is 3.52. The number of carbonyl (C=O) groups excluding carboxylic acids is 1. The third kappa shape index (κ3) is 2.31. The Morgan fingerprint density at radius 1 is 1.44 bits per heavy atom. The number of nitrogens with one attached hydrogen (secondary N) is 2. The Bertz CT molecular complexity index is 583. The number of thiophene rings is 1. The van der Waals surface area contributed by atoms with E-state index >= 15 is 0 Å². The summed E-state index contributed by atoms with van der Waals surface area (Å²) in [5.41, 5.74) is 3.19. The fourth-order valence-electron chi connectivity index (χ4n) is 1.76. The molecule has 0 aliphatic heterocycles. The molecule has 0 aromatic carbocycles. The predicted molar refractivity (Wildman–Crippen MR) is 74.4 cm³/mol. The number of aromatic amines is 1. The maximum Gasteiger partial charge on any atom is 0.266 e. The predicted octanol–water partition coefficient (Wildman–Crippen LogP) is 3.21. The van der Waals surface area contributed by atoms with Crippen molar-refractivity contribution in [3.8, 4) is 0 Å². The fraction of sp³-hybridized carbons (Fsp3) is 0.385. The molecule has 0 saturated carbocycles. The summed E-state index contributed by atoms with van der Waals surface area (Å²) < 4.78 is 0. The van der Waals surface area contributed by atoms with Crippen molar-refractivity contribution in [3.05, 3.63) is 32.6 Å². The first-order chi connectivity index (χ1) is 8.52. The van der Waals surface area contributed by atoms with E-state index in [4.69, 9.17) is 0 Å². The van der Waals surface area contributed by atoms with Crippen LogP contribution in [0.3, 0.4) is 0 Å². The molecular formula is C13H17N3OS. The van der Waals surface area contributed by atoms with E-state index in [2.05, 4.69) is 22.4 Å². The van der Waals surface area contributed by atoms with Crippen molar-refractivity contribution in [2.45, 2.75) is 34.1 Å². The first kappa shape index (κ1) is 12.8. The van der Waals surface area contributed by atoms with Gasteiger partial charge in [-0.25, -0.2) is 0 Å². The average molecular weight is 263 g/mol. The van der Waals surface area contributed by atoms with Crippen molar-refractivity contribution in [1.82, 2.24) is 10.2 Å². The molecule has 1 amide bonds. The summed E-state index contributed by atoms with van der Waals surface area (Å²) in [5.74, 6) is 0.527. The van der Waals surface area contributed by atoms with E-state index in [1.54, 1.807) is 0 Å². The maximum atomic E-state index is 12.1. The monoisotopic (exact) mass is 263 g/mol. The lowest BCUT2D eigenvalue weighted by Gasteiger charge is -2.00. The Morgan fingerprint density at radius 2 is 2.17 bits per heavy atom. The van der Waals surface area contributed by atoms with Crippen molar-refractivity contribution in [2.24, 2.45) is 0 Å². The van der Waals surface area contributed by atoms with Crippen LogP contribution in [0.5, 0.6) is 0 Å². The third-order valence-electron chi connectivity index (χ3n) is 3.11. The van der Waals surface area contributed by atoms with Crippen LogP contribution >= 0.6 is 11.3 Å². The van der Waals surface area contributed by atoms with Crippen LogP contribution in [-0.4, -0.2) is 16.1 Å². The van der Waals surface area contributed by atoms with Crippen molar-refractivity contribution in [2.75, 3.05) is 5.32 Å². The van der Waals surface area contributed by atoms with Crippen LogP contribution < -0.4 is 5.32 Å². The molecule has 0 atom stereocenters. The summed E-state index contributed by atoms with van der Waals surface area (Å²) in [6, 6.07) is 1.96. The molecule has 2 rings (SSSR count). The summed E-state index contributed by atoms with van der Waals surface area (Å²) in [6.07, 6.45) is 0.955. The SMILES string of the molecule is CCc1cc(C(=O)Nc2n[nH]c(C)c2C)sc1C. The molecule has 0 saturated heterocycles. The average Bonchev–Trinajstić information content (AvgIpc) is 2.86. The molecule has 0 aliphatic rings. The van der Waals surface area contributed by atoms with Gasteiger partial charge in [0, 0.05) is 16.1 Å². The summed E-state index contributed by atoms with van der Waals surface area (Å²) in [5, 5.41) is 9.78. The Labute approximate surface area is 110 Å². The minimum Gasteiger partial charge on any atom is -0.304 e. The zero-order chi connectivity index (χ0) is 13.3. The van der Waals surface area contributed by atoms with Crippen LogP contribution in [0, 0.1) is 20.8 Å². The number of anilines is 1. The van der Waals surface area contributed by atoms with Gasteiger partial charge in [-0.05, 0) is 38.8 Å². The molecule has 0 fully saturated rings. The Morgan fingerprint density at radius 3 is 2.67 bits per heavy atom. The highest BCUT2D eigenvalue weighted by Crippen LogP contribution is 2.23. The van der Waals surface area contributed by atoms with Crippen molar-refractivity contribution < 1.29 is 4.79 Å². The van der Waals surface area contributed by atoms with Crippen LogP contribution in [-0.2, 0) is 6.42 Å². The van der Waals surface area contributed by atoms with E-state index in [1.165, 1.54) is 21.8 Å². The van der Waals surface area contributed by atoms with Gasteiger partial charge in [0.25, 0.3) is 5.91 Å². The first-order valence-corrected chi connectivity index (χ1v) is 6.76. The van der Waals surface area contributed by atoms with Crippen LogP contribution in [0.1, 0.15) is 38.3 Å². The highest BCUT2D eigenvalue weighted by molar-refractivity contribution is 7.14. The minimum absolute atomic E-state index is 0.0857. The minimum atomic E-state index is -0.0857. The van der Waals surface area contributed by atoms with Crippen LogP contribution in [0.4, 0.5) is 5.82 Å². The number of carbonyl (C=O) groups is 1.